The van der Waals surface area contributed by atoms with Crippen LogP contribution in [-0.4, -0.2) is 48.2 Å². The molecule has 116 valence electrons. The molecule has 0 amide bonds. The third-order valence-corrected chi connectivity index (χ3v) is 2.68. The molecule has 1 aromatic carbocycles. The van der Waals surface area contributed by atoms with Gasteiger partial charge in [0.2, 0.25) is 0 Å². The van der Waals surface area contributed by atoms with E-state index in [1.54, 1.807) is 34.6 Å². The molecular formula is C14H28O4Si2. The summed E-state index contributed by atoms with van der Waals surface area (Å²) in [6, 6.07) is 9.23. The molecule has 1 rings (SSSR count). The number of hydrogen-bond acceptors (Lipinski definition) is 4. The fourth-order valence-electron chi connectivity index (χ4n) is 0.673. The predicted octanol–water partition coefficient (Wildman–Crippen LogP) is -0.0188. The van der Waals surface area contributed by atoms with Crippen LogP contribution in [0, 0.1) is 0 Å². The van der Waals surface area contributed by atoms with Gasteiger partial charge in [-0.2, -0.15) is 0 Å². The van der Waals surface area contributed by atoms with Gasteiger partial charge in [-0.3, -0.25) is 4.79 Å². The Kier molecular flexibility index (Phi) is 10.8. The van der Waals surface area contributed by atoms with Gasteiger partial charge in [0.25, 0.3) is 0 Å². The van der Waals surface area contributed by atoms with E-state index in [1.165, 1.54) is 0 Å². The SMILES string of the molecule is CC(=O)c1ccccc1.CC(C)(O)C(C)(C)O.[SiH3]O[SiH3]. The van der Waals surface area contributed by atoms with Crippen molar-refractivity contribution in [1.82, 2.24) is 0 Å². The zero-order chi connectivity index (χ0) is 16.4. The second-order valence-electron chi connectivity index (χ2n) is 5.45. The van der Waals surface area contributed by atoms with E-state index in [4.69, 9.17) is 10.2 Å². The number of benzene rings is 1. The van der Waals surface area contributed by atoms with Gasteiger partial charge in [-0.25, -0.2) is 0 Å². The third-order valence-electron chi connectivity index (χ3n) is 2.68. The average molecular weight is 317 g/mol. The monoisotopic (exact) mass is 316 g/mol. The van der Waals surface area contributed by atoms with Crippen molar-refractivity contribution in [3.63, 3.8) is 0 Å². The van der Waals surface area contributed by atoms with Crippen molar-refractivity contribution in [1.29, 1.82) is 0 Å². The topological polar surface area (TPSA) is 66.8 Å². The van der Waals surface area contributed by atoms with Crippen molar-refractivity contribution in [2.75, 3.05) is 0 Å². The summed E-state index contributed by atoms with van der Waals surface area (Å²) in [5.41, 5.74) is -1.24. The molecule has 0 aromatic heterocycles. The molecule has 2 N–H and O–H groups in total. The minimum absolute atomic E-state index is 0.121. The van der Waals surface area contributed by atoms with Gasteiger partial charge >= 0.3 is 0 Å². The van der Waals surface area contributed by atoms with Crippen molar-refractivity contribution in [3.05, 3.63) is 35.9 Å². The summed E-state index contributed by atoms with van der Waals surface area (Å²) < 4.78 is 4.53. The molecule has 20 heavy (non-hydrogen) atoms. The Bertz CT molecular complexity index is 355. The van der Waals surface area contributed by atoms with Gasteiger partial charge in [-0.15, -0.1) is 0 Å². The van der Waals surface area contributed by atoms with E-state index in [1.807, 2.05) is 30.3 Å². The lowest BCUT2D eigenvalue weighted by atomic mass is 9.90. The molecule has 0 aliphatic heterocycles. The van der Waals surface area contributed by atoms with E-state index in [-0.39, 0.29) is 5.78 Å². The first kappa shape index (κ1) is 21.5. The van der Waals surface area contributed by atoms with Crippen LogP contribution in [-0.2, 0) is 4.12 Å². The maximum Gasteiger partial charge on any atom is 0.159 e. The maximum absolute atomic E-state index is 10.6. The van der Waals surface area contributed by atoms with Gasteiger partial charge in [0.1, 0.15) is 21.0 Å². The number of hydrogen-bond donors (Lipinski definition) is 2. The van der Waals surface area contributed by atoms with Crippen molar-refractivity contribution in [2.45, 2.75) is 45.8 Å². The van der Waals surface area contributed by atoms with E-state index >= 15 is 0 Å². The third kappa shape index (κ3) is 11.1. The highest BCUT2D eigenvalue weighted by Crippen LogP contribution is 2.19. The lowest BCUT2D eigenvalue weighted by molar-refractivity contribution is -0.107. The van der Waals surface area contributed by atoms with E-state index < -0.39 is 11.2 Å². The molecule has 6 heteroatoms. The first-order chi connectivity index (χ1) is 8.97. The van der Waals surface area contributed by atoms with Crippen LogP contribution in [0.5, 0.6) is 0 Å². The predicted molar refractivity (Wildman–Crippen MR) is 90.0 cm³/mol. The van der Waals surface area contributed by atoms with Crippen molar-refractivity contribution in [3.8, 4) is 0 Å². The van der Waals surface area contributed by atoms with Gasteiger partial charge in [-0.05, 0) is 34.6 Å². The largest absolute Gasteiger partial charge is 0.471 e. The standard InChI is InChI=1S/C8H8O.C6H14O2.H6OSi2/c1-7(9)8-5-3-2-4-6-8;1-5(2,7)6(3,4)8;2-1-3/h2-6H,1H3;7-8H,1-4H3;2-3H3. The molecular weight excluding hydrogens is 288 g/mol. The quantitative estimate of drug-likeness (QED) is 0.594. The molecule has 0 bridgehead atoms. The second-order valence-corrected chi connectivity index (χ2v) is 8.71. The molecule has 0 saturated heterocycles. The van der Waals surface area contributed by atoms with Gasteiger partial charge in [-0.1, -0.05) is 30.3 Å². The number of aliphatic hydroxyl groups is 2. The highest BCUT2D eigenvalue weighted by Gasteiger charge is 2.31. The normalized spacial score (nSPS) is 10.9. The average Bonchev–Trinajstić information content (AvgIpc) is 2.29. The molecule has 4 nitrogen and oxygen atoms in total. The molecule has 0 saturated carbocycles. The number of Topliss-reactive ketones (excluding diaryl/α,β-unsaturated/α-hetero) is 1. The van der Waals surface area contributed by atoms with Crippen LogP contribution in [0.4, 0.5) is 0 Å². The van der Waals surface area contributed by atoms with Crippen molar-refractivity contribution >= 4 is 26.8 Å². The Labute approximate surface area is 128 Å². The van der Waals surface area contributed by atoms with Crippen LogP contribution in [0.25, 0.3) is 0 Å². The molecule has 0 aliphatic rings. The summed E-state index contributed by atoms with van der Waals surface area (Å²) in [6.45, 7) is 7.87. The van der Waals surface area contributed by atoms with Gasteiger partial charge in [0.05, 0.1) is 11.2 Å². The first-order valence-electron chi connectivity index (χ1n) is 6.38. The molecule has 0 atom stereocenters. The van der Waals surface area contributed by atoms with E-state index in [9.17, 15) is 4.79 Å². The summed E-state index contributed by atoms with van der Waals surface area (Å²) in [7, 11) is 1.86. The Morgan fingerprint density at radius 1 is 1.00 bits per heavy atom. The van der Waals surface area contributed by atoms with E-state index in [0.29, 0.717) is 0 Å². The summed E-state index contributed by atoms with van der Waals surface area (Å²) >= 11 is 0. The summed E-state index contributed by atoms with van der Waals surface area (Å²) in [5, 5.41) is 18.2. The summed E-state index contributed by atoms with van der Waals surface area (Å²) in [6.07, 6.45) is 0. The Balaban J connectivity index is 0. The smallest absolute Gasteiger partial charge is 0.159 e. The molecule has 1 aromatic rings. The Morgan fingerprint density at radius 3 is 1.45 bits per heavy atom. The highest BCUT2D eigenvalue weighted by molar-refractivity contribution is 6.15. The van der Waals surface area contributed by atoms with Crippen LogP contribution in [0.15, 0.2) is 30.3 Å². The van der Waals surface area contributed by atoms with Gasteiger partial charge < -0.3 is 14.3 Å². The number of rotatable bonds is 2. The maximum atomic E-state index is 10.6. The summed E-state index contributed by atoms with van der Waals surface area (Å²) in [5.74, 6) is 0.121. The lowest BCUT2D eigenvalue weighted by Gasteiger charge is -2.31. The minimum atomic E-state index is -1.01. The van der Waals surface area contributed by atoms with Crippen LogP contribution in [0.3, 0.4) is 0 Å². The molecule has 0 spiro atoms. The Morgan fingerprint density at radius 2 is 1.30 bits per heavy atom. The van der Waals surface area contributed by atoms with Gasteiger partial charge in [0, 0.05) is 5.56 Å². The molecule has 0 radical (unpaired) electrons. The number of carbonyl (C=O) groups is 1. The molecule has 0 fully saturated rings. The zero-order valence-corrected chi connectivity index (χ0v) is 17.6. The van der Waals surface area contributed by atoms with E-state index in [0.717, 1.165) is 26.5 Å². The number of ketones is 1. The minimum Gasteiger partial charge on any atom is -0.471 e. The van der Waals surface area contributed by atoms with Crippen LogP contribution >= 0.6 is 0 Å². The van der Waals surface area contributed by atoms with Crippen LogP contribution < -0.4 is 0 Å². The summed E-state index contributed by atoms with van der Waals surface area (Å²) in [4.78, 5) is 10.6. The lowest BCUT2D eigenvalue weighted by Crippen LogP contribution is -2.44. The zero-order valence-electron chi connectivity index (χ0n) is 13.6. The number of carbonyl (C=O) groups excluding carboxylic acids is 1. The first-order valence-corrected chi connectivity index (χ1v) is 8.01. The fourth-order valence-corrected chi connectivity index (χ4v) is 0.673. The van der Waals surface area contributed by atoms with E-state index in [2.05, 4.69) is 4.12 Å². The molecule has 0 unspecified atom stereocenters. The molecule has 0 heterocycles. The van der Waals surface area contributed by atoms with Crippen molar-refractivity contribution < 1.29 is 19.1 Å². The molecule has 0 aliphatic carbocycles. The second kappa shape index (κ2) is 10.0. The Hall–Kier alpha value is -0.796. The van der Waals surface area contributed by atoms with Crippen LogP contribution in [0.1, 0.15) is 45.0 Å². The van der Waals surface area contributed by atoms with Crippen molar-refractivity contribution in [2.24, 2.45) is 0 Å². The fraction of sp³-hybridized carbons (Fsp3) is 0.500. The van der Waals surface area contributed by atoms with Gasteiger partial charge in [0.15, 0.2) is 5.78 Å². The highest BCUT2D eigenvalue weighted by atomic mass is 28.3. The van der Waals surface area contributed by atoms with Crippen LogP contribution in [0.2, 0.25) is 0 Å².